The number of hydrogen-bond donors (Lipinski definition) is 1. The summed E-state index contributed by atoms with van der Waals surface area (Å²) >= 11 is 1.39. The van der Waals surface area contributed by atoms with Crippen LogP contribution in [0.25, 0.3) is 0 Å². The predicted octanol–water partition coefficient (Wildman–Crippen LogP) is 2.47. The fraction of sp³-hybridized carbons (Fsp3) is 0.333. The Bertz CT molecular complexity index is 452. The summed E-state index contributed by atoms with van der Waals surface area (Å²) in [5.41, 5.74) is 2.01. The van der Waals surface area contributed by atoms with Crippen molar-refractivity contribution in [3.63, 3.8) is 0 Å². The minimum absolute atomic E-state index is 0.217. The van der Waals surface area contributed by atoms with Crippen molar-refractivity contribution in [2.45, 2.75) is 13.3 Å². The van der Waals surface area contributed by atoms with Crippen molar-refractivity contribution in [3.05, 3.63) is 35.1 Å². The highest BCUT2D eigenvalue weighted by molar-refractivity contribution is 8.13. The molecule has 0 spiro atoms. The third-order valence-corrected chi connectivity index (χ3v) is 2.92. The van der Waals surface area contributed by atoms with Crippen LogP contribution in [-0.4, -0.2) is 18.0 Å². The second-order valence-electron chi connectivity index (χ2n) is 3.45. The molecule has 1 N–H and O–H groups in total. The summed E-state index contributed by atoms with van der Waals surface area (Å²) in [7, 11) is 0. The summed E-state index contributed by atoms with van der Waals surface area (Å²) in [6.07, 6.45) is 4.43. The Hall–Kier alpha value is -1.54. The molecule has 0 heterocycles. The maximum atomic E-state index is 12.9. The van der Waals surface area contributed by atoms with E-state index in [1.165, 1.54) is 23.9 Å². The number of nitrogens with zero attached hydrogens (tertiary/aromatic N) is 2. The SMILES string of the molecule is CSC(=NCCc1ccc(F)cc1C)NC#N. The lowest BCUT2D eigenvalue weighted by Gasteiger charge is -2.04. The van der Waals surface area contributed by atoms with Gasteiger partial charge in [-0.2, -0.15) is 5.26 Å². The topological polar surface area (TPSA) is 48.2 Å². The maximum absolute atomic E-state index is 12.9. The van der Waals surface area contributed by atoms with Crippen molar-refractivity contribution in [2.24, 2.45) is 4.99 Å². The lowest BCUT2D eigenvalue weighted by atomic mass is 10.1. The number of halogens is 1. The Kier molecular flexibility index (Phi) is 5.50. The van der Waals surface area contributed by atoms with Crippen LogP contribution < -0.4 is 5.32 Å². The van der Waals surface area contributed by atoms with Gasteiger partial charge in [0.1, 0.15) is 5.82 Å². The highest BCUT2D eigenvalue weighted by atomic mass is 32.2. The molecular formula is C12H14FN3S. The Morgan fingerprint density at radius 1 is 1.59 bits per heavy atom. The Morgan fingerprint density at radius 3 is 2.94 bits per heavy atom. The van der Waals surface area contributed by atoms with E-state index in [0.29, 0.717) is 11.7 Å². The van der Waals surface area contributed by atoms with Gasteiger partial charge in [0.05, 0.1) is 0 Å². The smallest absolute Gasteiger partial charge is 0.183 e. The largest absolute Gasteiger partial charge is 0.272 e. The fourth-order valence-corrected chi connectivity index (χ4v) is 1.79. The summed E-state index contributed by atoms with van der Waals surface area (Å²) < 4.78 is 12.9. The van der Waals surface area contributed by atoms with E-state index in [1.807, 2.05) is 19.4 Å². The van der Waals surface area contributed by atoms with E-state index in [-0.39, 0.29) is 5.82 Å². The number of nitriles is 1. The first-order chi connectivity index (χ1) is 8.17. The Balaban J connectivity index is 2.59. The molecule has 0 amide bonds. The van der Waals surface area contributed by atoms with Gasteiger partial charge in [-0.25, -0.2) is 4.39 Å². The third kappa shape index (κ3) is 4.45. The molecule has 3 nitrogen and oxygen atoms in total. The van der Waals surface area contributed by atoms with Crippen LogP contribution in [0, 0.1) is 24.2 Å². The zero-order chi connectivity index (χ0) is 12.7. The number of nitrogens with one attached hydrogen (secondary N) is 1. The number of aryl methyl sites for hydroxylation is 1. The zero-order valence-electron chi connectivity index (χ0n) is 9.83. The normalized spacial score (nSPS) is 11.1. The van der Waals surface area contributed by atoms with Gasteiger partial charge in [-0.3, -0.25) is 10.3 Å². The lowest BCUT2D eigenvalue weighted by molar-refractivity contribution is 0.625. The molecule has 5 heteroatoms. The van der Waals surface area contributed by atoms with Crippen molar-refractivity contribution >= 4 is 16.9 Å². The molecule has 0 aliphatic rings. The highest BCUT2D eigenvalue weighted by Crippen LogP contribution is 2.11. The molecular weight excluding hydrogens is 237 g/mol. The van der Waals surface area contributed by atoms with Crippen LogP contribution in [0.4, 0.5) is 4.39 Å². The van der Waals surface area contributed by atoms with Crippen molar-refractivity contribution in [3.8, 4) is 6.19 Å². The monoisotopic (exact) mass is 251 g/mol. The molecule has 0 fully saturated rings. The first kappa shape index (κ1) is 13.5. The van der Waals surface area contributed by atoms with E-state index < -0.39 is 0 Å². The van der Waals surface area contributed by atoms with E-state index in [0.717, 1.165) is 17.5 Å². The third-order valence-electron chi connectivity index (χ3n) is 2.30. The quantitative estimate of drug-likeness (QED) is 0.388. The molecule has 0 saturated carbocycles. The average Bonchev–Trinajstić information content (AvgIpc) is 2.30. The highest BCUT2D eigenvalue weighted by Gasteiger charge is 2.00. The van der Waals surface area contributed by atoms with Crippen LogP contribution >= 0.6 is 11.8 Å². The molecule has 17 heavy (non-hydrogen) atoms. The summed E-state index contributed by atoms with van der Waals surface area (Å²) in [6.45, 7) is 2.46. The van der Waals surface area contributed by atoms with Gasteiger partial charge in [-0.1, -0.05) is 17.8 Å². The van der Waals surface area contributed by atoms with Gasteiger partial charge < -0.3 is 0 Å². The molecule has 0 saturated heterocycles. The van der Waals surface area contributed by atoms with Gasteiger partial charge >= 0.3 is 0 Å². The molecule has 0 aromatic heterocycles. The molecule has 1 rings (SSSR count). The van der Waals surface area contributed by atoms with Crippen LogP contribution in [-0.2, 0) is 6.42 Å². The van der Waals surface area contributed by atoms with Crippen LogP contribution in [0.15, 0.2) is 23.2 Å². The minimum atomic E-state index is -0.217. The van der Waals surface area contributed by atoms with E-state index in [2.05, 4.69) is 10.3 Å². The molecule has 1 aromatic carbocycles. The van der Waals surface area contributed by atoms with E-state index >= 15 is 0 Å². The minimum Gasteiger partial charge on any atom is -0.272 e. The molecule has 0 unspecified atom stereocenters. The number of benzene rings is 1. The van der Waals surface area contributed by atoms with Gasteiger partial charge in [0.15, 0.2) is 11.4 Å². The Labute approximate surface area is 105 Å². The number of rotatable bonds is 3. The summed E-state index contributed by atoms with van der Waals surface area (Å²) in [4.78, 5) is 4.24. The molecule has 0 radical (unpaired) electrons. The second-order valence-corrected chi connectivity index (χ2v) is 4.24. The zero-order valence-corrected chi connectivity index (χ0v) is 10.6. The molecule has 0 aliphatic carbocycles. The van der Waals surface area contributed by atoms with Crippen LogP contribution in [0.5, 0.6) is 0 Å². The Morgan fingerprint density at radius 2 is 2.35 bits per heavy atom. The molecule has 0 aliphatic heterocycles. The van der Waals surface area contributed by atoms with Gasteiger partial charge in [0, 0.05) is 6.54 Å². The van der Waals surface area contributed by atoms with Gasteiger partial charge in [0.2, 0.25) is 0 Å². The van der Waals surface area contributed by atoms with Gasteiger partial charge in [-0.15, -0.1) is 0 Å². The number of thioether (sulfide) groups is 1. The molecule has 0 atom stereocenters. The number of amidine groups is 1. The van der Waals surface area contributed by atoms with Gasteiger partial charge in [-0.05, 0) is 42.9 Å². The lowest BCUT2D eigenvalue weighted by Crippen LogP contribution is -2.14. The van der Waals surface area contributed by atoms with Crippen molar-refractivity contribution < 1.29 is 4.39 Å². The maximum Gasteiger partial charge on any atom is 0.183 e. The predicted molar refractivity (Wildman–Crippen MR) is 69.4 cm³/mol. The summed E-state index contributed by atoms with van der Waals surface area (Å²) in [6, 6.07) is 4.74. The van der Waals surface area contributed by atoms with Gasteiger partial charge in [0.25, 0.3) is 0 Å². The van der Waals surface area contributed by atoms with E-state index in [9.17, 15) is 4.39 Å². The van der Waals surface area contributed by atoms with Crippen LogP contribution in [0.2, 0.25) is 0 Å². The van der Waals surface area contributed by atoms with Crippen molar-refractivity contribution in [1.29, 1.82) is 5.26 Å². The van der Waals surface area contributed by atoms with E-state index in [1.54, 1.807) is 6.07 Å². The molecule has 1 aromatic rings. The first-order valence-corrected chi connectivity index (χ1v) is 6.38. The number of hydrogen-bond acceptors (Lipinski definition) is 3. The number of aliphatic imine (C=N–C) groups is 1. The fourth-order valence-electron chi connectivity index (χ4n) is 1.42. The van der Waals surface area contributed by atoms with Crippen LogP contribution in [0.1, 0.15) is 11.1 Å². The van der Waals surface area contributed by atoms with Crippen LogP contribution in [0.3, 0.4) is 0 Å². The average molecular weight is 251 g/mol. The van der Waals surface area contributed by atoms with Crippen molar-refractivity contribution in [1.82, 2.24) is 5.32 Å². The molecule has 90 valence electrons. The second kappa shape index (κ2) is 6.92. The standard InChI is InChI=1S/C12H14FN3S/c1-9-7-11(13)4-3-10(9)5-6-15-12(17-2)16-8-14/h3-4,7H,5-6H2,1-2H3,(H,15,16). The summed E-state index contributed by atoms with van der Waals surface area (Å²) in [5, 5.41) is 11.6. The first-order valence-electron chi connectivity index (χ1n) is 5.16. The van der Waals surface area contributed by atoms with Crippen molar-refractivity contribution in [2.75, 3.05) is 12.8 Å². The van der Waals surface area contributed by atoms with E-state index in [4.69, 9.17) is 5.26 Å². The molecule has 0 bridgehead atoms. The summed E-state index contributed by atoms with van der Waals surface area (Å²) in [5.74, 6) is -0.217.